The van der Waals surface area contributed by atoms with E-state index in [1.165, 1.54) is 0 Å². The van der Waals surface area contributed by atoms with Crippen molar-refractivity contribution in [1.82, 2.24) is 0 Å². The van der Waals surface area contributed by atoms with Crippen LogP contribution in [0.4, 0.5) is 0 Å². The van der Waals surface area contributed by atoms with Gasteiger partial charge in [-0.05, 0) is 0 Å². The number of carboxylic acid groups (broad SMARTS) is 1. The molecule has 0 aliphatic heterocycles. The van der Waals surface area contributed by atoms with Gasteiger partial charge in [-0.25, -0.2) is 4.57 Å². The highest BCUT2D eigenvalue weighted by Gasteiger charge is 1.90. The molecule has 0 aliphatic rings. The van der Waals surface area contributed by atoms with Gasteiger partial charge in [0.25, 0.3) is 0 Å². The summed E-state index contributed by atoms with van der Waals surface area (Å²) in [6, 6.07) is 3.54. The number of carbonyl (C=O) groups is 2. The molecular weight excluding hydrogens is 158 g/mol. The fourth-order valence-corrected chi connectivity index (χ4v) is 0.591. The predicted octanol–water partition coefficient (Wildman–Crippen LogP) is -1.31. The van der Waals surface area contributed by atoms with Gasteiger partial charge in [0.1, 0.15) is 7.05 Å². The Morgan fingerprint density at radius 2 is 1.75 bits per heavy atom. The van der Waals surface area contributed by atoms with Crippen molar-refractivity contribution >= 4 is 12.8 Å². The number of carbonyl (C=O) groups excluding carboxylic acids is 2. The molecule has 0 radical (unpaired) electrons. The van der Waals surface area contributed by atoms with E-state index in [1.54, 1.807) is 12.1 Å². The Morgan fingerprint density at radius 1 is 1.33 bits per heavy atom. The topological polar surface area (TPSA) is 61.1 Å². The molecule has 0 unspecified atom stereocenters. The van der Waals surface area contributed by atoms with Crippen LogP contribution in [0.15, 0.2) is 24.5 Å². The maximum atomic E-state index is 10.1. The Hall–Kier alpha value is -1.71. The van der Waals surface area contributed by atoms with E-state index in [-0.39, 0.29) is 0 Å². The zero-order valence-corrected chi connectivity index (χ0v) is 6.64. The lowest BCUT2D eigenvalue weighted by molar-refractivity contribution is -0.671. The van der Waals surface area contributed by atoms with Crippen molar-refractivity contribution < 1.29 is 19.3 Å². The number of nitrogens with zero attached hydrogens (tertiary/aromatic N) is 1. The smallest absolute Gasteiger partial charge is 0.169 e. The molecule has 64 valence electrons. The van der Waals surface area contributed by atoms with Crippen molar-refractivity contribution in [2.24, 2.45) is 7.05 Å². The number of rotatable bonds is 1. The minimum atomic E-state index is -0.500. The van der Waals surface area contributed by atoms with Crippen molar-refractivity contribution in [1.29, 1.82) is 0 Å². The third-order valence-electron chi connectivity index (χ3n) is 1.14. The summed E-state index contributed by atoms with van der Waals surface area (Å²) in [5, 5.41) is 8.25. The van der Waals surface area contributed by atoms with Crippen molar-refractivity contribution in [2.45, 2.75) is 0 Å². The van der Waals surface area contributed by atoms with Crippen LogP contribution >= 0.6 is 0 Å². The molecular formula is C8H9NO3. The summed E-state index contributed by atoms with van der Waals surface area (Å²) in [7, 11) is 1.91. The molecule has 0 amide bonds. The summed E-state index contributed by atoms with van der Waals surface area (Å²) in [6.45, 7) is -0.500. The summed E-state index contributed by atoms with van der Waals surface area (Å²) in [6.07, 6.45) is 4.51. The molecule has 1 aromatic heterocycles. The first-order valence-corrected chi connectivity index (χ1v) is 3.20. The number of pyridine rings is 1. The SMILES string of the molecule is C[n+]1ccc(C=O)cc1.O=C[O-]. The molecule has 0 aliphatic carbocycles. The number of hydrogen-bond acceptors (Lipinski definition) is 3. The monoisotopic (exact) mass is 167 g/mol. The molecule has 0 spiro atoms. The van der Waals surface area contributed by atoms with Gasteiger partial charge < -0.3 is 9.90 Å². The van der Waals surface area contributed by atoms with E-state index < -0.39 is 6.47 Å². The van der Waals surface area contributed by atoms with Crippen LogP contribution in [-0.4, -0.2) is 12.8 Å². The highest BCUT2D eigenvalue weighted by molar-refractivity contribution is 5.73. The molecule has 4 heteroatoms. The molecule has 12 heavy (non-hydrogen) atoms. The Kier molecular flexibility index (Phi) is 5.17. The fraction of sp³-hybridized carbons (Fsp3) is 0.125. The molecule has 0 fully saturated rings. The van der Waals surface area contributed by atoms with Crippen LogP contribution in [0, 0.1) is 0 Å². The third-order valence-corrected chi connectivity index (χ3v) is 1.14. The Balaban J connectivity index is 0.000000354. The maximum absolute atomic E-state index is 10.1. The maximum Gasteiger partial charge on any atom is 0.169 e. The molecule has 1 aromatic rings. The van der Waals surface area contributed by atoms with Gasteiger partial charge in [0.15, 0.2) is 18.7 Å². The zero-order valence-electron chi connectivity index (χ0n) is 6.64. The third kappa shape index (κ3) is 4.16. The fourth-order valence-electron chi connectivity index (χ4n) is 0.591. The van der Waals surface area contributed by atoms with Gasteiger partial charge in [-0.2, -0.15) is 0 Å². The number of aromatic nitrogens is 1. The van der Waals surface area contributed by atoms with E-state index in [1.807, 2.05) is 24.0 Å². The second kappa shape index (κ2) is 6.03. The standard InChI is InChI=1S/C7H8NO.CH2O2/c1-8-4-2-7(6-9)3-5-8;2-1-3/h2-6H,1H3;1H,(H,2,3)/q+1;/p-1. The summed E-state index contributed by atoms with van der Waals surface area (Å²) in [5.74, 6) is 0. The molecule has 0 bridgehead atoms. The van der Waals surface area contributed by atoms with Crippen LogP contribution in [0.25, 0.3) is 0 Å². The van der Waals surface area contributed by atoms with E-state index in [0.29, 0.717) is 5.56 Å². The average molecular weight is 167 g/mol. The van der Waals surface area contributed by atoms with Gasteiger partial charge in [0, 0.05) is 24.2 Å². The minimum absolute atomic E-state index is 0.500. The normalized spacial score (nSPS) is 7.75. The average Bonchev–Trinajstić information content (AvgIpc) is 2.07. The van der Waals surface area contributed by atoms with E-state index in [2.05, 4.69) is 0 Å². The molecule has 1 heterocycles. The van der Waals surface area contributed by atoms with Crippen LogP contribution in [0.5, 0.6) is 0 Å². The first-order chi connectivity index (χ1) is 5.74. The molecule has 0 N–H and O–H groups in total. The summed E-state index contributed by atoms with van der Waals surface area (Å²) < 4.78 is 1.88. The van der Waals surface area contributed by atoms with E-state index >= 15 is 0 Å². The van der Waals surface area contributed by atoms with Gasteiger partial charge in [-0.15, -0.1) is 0 Å². The lowest BCUT2D eigenvalue weighted by Crippen LogP contribution is -2.25. The number of hydrogen-bond donors (Lipinski definition) is 0. The van der Waals surface area contributed by atoms with Crippen LogP contribution in [-0.2, 0) is 11.8 Å². The van der Waals surface area contributed by atoms with Crippen LogP contribution < -0.4 is 9.67 Å². The van der Waals surface area contributed by atoms with Gasteiger partial charge in [-0.1, -0.05) is 0 Å². The van der Waals surface area contributed by atoms with Gasteiger partial charge >= 0.3 is 0 Å². The van der Waals surface area contributed by atoms with Crippen molar-refractivity contribution in [2.75, 3.05) is 0 Å². The second-order valence-corrected chi connectivity index (χ2v) is 2.01. The first-order valence-electron chi connectivity index (χ1n) is 3.20. The highest BCUT2D eigenvalue weighted by atomic mass is 16.3. The van der Waals surface area contributed by atoms with Gasteiger partial charge in [-0.3, -0.25) is 4.79 Å². The molecule has 0 saturated heterocycles. The molecule has 4 nitrogen and oxygen atoms in total. The van der Waals surface area contributed by atoms with Crippen LogP contribution in [0.2, 0.25) is 0 Å². The predicted molar refractivity (Wildman–Crippen MR) is 39.1 cm³/mol. The summed E-state index contributed by atoms with van der Waals surface area (Å²) in [4.78, 5) is 18.4. The molecule has 0 atom stereocenters. The summed E-state index contributed by atoms with van der Waals surface area (Å²) in [5.41, 5.74) is 0.716. The second-order valence-electron chi connectivity index (χ2n) is 2.01. The number of aldehydes is 1. The van der Waals surface area contributed by atoms with E-state index in [0.717, 1.165) is 6.29 Å². The quantitative estimate of drug-likeness (QED) is 0.385. The van der Waals surface area contributed by atoms with Crippen molar-refractivity contribution in [3.05, 3.63) is 30.1 Å². The van der Waals surface area contributed by atoms with Gasteiger partial charge in [0.05, 0.1) is 0 Å². The van der Waals surface area contributed by atoms with E-state index in [9.17, 15) is 4.79 Å². The largest absolute Gasteiger partial charge is 0.554 e. The van der Waals surface area contributed by atoms with E-state index in [4.69, 9.17) is 9.90 Å². The highest BCUT2D eigenvalue weighted by Crippen LogP contribution is 1.86. The number of aryl methyl sites for hydroxylation is 1. The Bertz CT molecular complexity index is 243. The summed E-state index contributed by atoms with van der Waals surface area (Å²) >= 11 is 0. The van der Waals surface area contributed by atoms with Gasteiger partial charge in [0.2, 0.25) is 0 Å². The lowest BCUT2D eigenvalue weighted by atomic mass is 10.3. The molecule has 1 rings (SSSR count). The van der Waals surface area contributed by atoms with Crippen molar-refractivity contribution in [3.63, 3.8) is 0 Å². The first kappa shape index (κ1) is 10.3. The molecule has 0 aromatic carbocycles. The zero-order chi connectivity index (χ0) is 9.40. The lowest BCUT2D eigenvalue weighted by Gasteiger charge is -1.84. The minimum Gasteiger partial charge on any atom is -0.554 e. The van der Waals surface area contributed by atoms with Crippen molar-refractivity contribution in [3.8, 4) is 0 Å². The molecule has 0 saturated carbocycles. The Morgan fingerprint density at radius 3 is 2.08 bits per heavy atom. The Labute approximate surface area is 70.1 Å². The van der Waals surface area contributed by atoms with Crippen LogP contribution in [0.3, 0.4) is 0 Å². The van der Waals surface area contributed by atoms with Crippen LogP contribution in [0.1, 0.15) is 10.4 Å².